The zero-order valence-corrected chi connectivity index (χ0v) is 8.45. The molecule has 0 unspecified atom stereocenters. The van der Waals surface area contributed by atoms with Crippen molar-refractivity contribution in [1.82, 2.24) is 0 Å². The molecule has 4 nitrogen and oxygen atoms in total. The maximum atomic E-state index is 9.82. The van der Waals surface area contributed by atoms with E-state index in [1.807, 2.05) is 0 Å². The number of carbonyl (C=O) groups excluding carboxylic acids is 1. The van der Waals surface area contributed by atoms with Gasteiger partial charge in [0.05, 0.1) is 6.61 Å². The molecule has 13 heavy (non-hydrogen) atoms. The lowest BCUT2D eigenvalue weighted by atomic mass is 10.2. The molecule has 0 saturated heterocycles. The lowest BCUT2D eigenvalue weighted by Crippen LogP contribution is -1.95. The van der Waals surface area contributed by atoms with E-state index in [4.69, 9.17) is 10.2 Å². The molecule has 0 amide bonds. The van der Waals surface area contributed by atoms with Crippen LogP contribution >= 0.6 is 0 Å². The number of aliphatic hydroxyl groups excluding tert-OH is 2. The Morgan fingerprint density at radius 2 is 1.62 bits per heavy atom. The van der Waals surface area contributed by atoms with Gasteiger partial charge in [-0.15, -0.1) is 0 Å². The van der Waals surface area contributed by atoms with Crippen LogP contribution in [-0.4, -0.2) is 36.0 Å². The van der Waals surface area contributed by atoms with Crippen LogP contribution in [0.1, 0.15) is 33.1 Å². The van der Waals surface area contributed by atoms with Crippen LogP contribution in [0.2, 0.25) is 0 Å². The molecule has 0 atom stereocenters. The van der Waals surface area contributed by atoms with Crippen LogP contribution in [0.15, 0.2) is 0 Å². The minimum Gasteiger partial charge on any atom is -0.466 e. The highest BCUT2D eigenvalue weighted by molar-refractivity contribution is 5.65. The van der Waals surface area contributed by atoms with Gasteiger partial charge in [0, 0.05) is 20.1 Å². The highest BCUT2D eigenvalue weighted by atomic mass is 16.5. The molecule has 0 heterocycles. The van der Waals surface area contributed by atoms with Crippen LogP contribution in [0, 0.1) is 0 Å². The number of ether oxygens (including phenoxy) is 1. The molecule has 2 N–H and O–H groups in total. The molecule has 0 aliphatic carbocycles. The van der Waals surface area contributed by atoms with Crippen molar-refractivity contribution < 1.29 is 19.7 Å². The number of esters is 1. The van der Waals surface area contributed by atoms with Crippen molar-refractivity contribution in [1.29, 1.82) is 0 Å². The second-order valence-electron chi connectivity index (χ2n) is 2.43. The number of hydrogen-bond acceptors (Lipinski definition) is 4. The summed E-state index contributed by atoms with van der Waals surface area (Å²) in [4.78, 5) is 9.82. The van der Waals surface area contributed by atoms with Crippen molar-refractivity contribution in [3.63, 3.8) is 0 Å². The summed E-state index contributed by atoms with van der Waals surface area (Å²) in [7, 11) is 0. The number of hydrogen-bond donors (Lipinski definition) is 2. The van der Waals surface area contributed by atoms with E-state index in [9.17, 15) is 4.79 Å². The molecule has 0 aromatic rings. The third-order valence-corrected chi connectivity index (χ3v) is 1.16. The lowest BCUT2D eigenvalue weighted by molar-refractivity contribution is -0.140. The standard InChI is InChI=1S/C5H12O2.C4H8O2/c6-4-2-1-3-5-7;1-3-6-4(2)5/h6-7H,1-5H2;3H2,1-2H3. The summed E-state index contributed by atoms with van der Waals surface area (Å²) in [5.74, 6) is -0.211. The molecule has 0 bridgehead atoms. The smallest absolute Gasteiger partial charge is 0.302 e. The zero-order chi connectivity index (χ0) is 10.5. The number of aliphatic hydroxyl groups is 2. The SMILES string of the molecule is CCOC(C)=O.OCCCCCO. The molecule has 0 fully saturated rings. The van der Waals surface area contributed by atoms with Gasteiger partial charge in [-0.3, -0.25) is 4.79 Å². The van der Waals surface area contributed by atoms with Crippen LogP contribution in [-0.2, 0) is 9.53 Å². The predicted molar refractivity (Wildman–Crippen MR) is 50.3 cm³/mol. The van der Waals surface area contributed by atoms with Crippen molar-refractivity contribution in [3.05, 3.63) is 0 Å². The second kappa shape index (κ2) is 13.9. The van der Waals surface area contributed by atoms with Gasteiger partial charge in [-0.1, -0.05) is 0 Å². The van der Waals surface area contributed by atoms with Crippen LogP contribution in [0.25, 0.3) is 0 Å². The zero-order valence-electron chi connectivity index (χ0n) is 8.45. The molecule has 0 aromatic heterocycles. The first-order valence-corrected chi connectivity index (χ1v) is 4.54. The first-order chi connectivity index (χ1) is 6.18. The van der Waals surface area contributed by atoms with E-state index < -0.39 is 0 Å². The van der Waals surface area contributed by atoms with Crippen molar-refractivity contribution in [2.45, 2.75) is 33.1 Å². The Labute approximate surface area is 79.5 Å². The Kier molecular flexibility index (Phi) is 16.0. The highest BCUT2D eigenvalue weighted by Crippen LogP contribution is 1.90. The summed E-state index contributed by atoms with van der Waals surface area (Å²) in [6, 6.07) is 0. The van der Waals surface area contributed by atoms with Gasteiger partial charge in [-0.05, 0) is 26.2 Å². The van der Waals surface area contributed by atoms with Crippen LogP contribution in [0.4, 0.5) is 0 Å². The van der Waals surface area contributed by atoms with Gasteiger partial charge in [-0.25, -0.2) is 0 Å². The van der Waals surface area contributed by atoms with Gasteiger partial charge < -0.3 is 14.9 Å². The number of rotatable bonds is 5. The Hall–Kier alpha value is -0.610. The van der Waals surface area contributed by atoms with Crippen molar-refractivity contribution >= 4 is 5.97 Å². The Morgan fingerprint density at radius 3 is 1.77 bits per heavy atom. The average Bonchev–Trinajstić information content (AvgIpc) is 2.06. The summed E-state index contributed by atoms with van der Waals surface area (Å²) >= 11 is 0. The first-order valence-electron chi connectivity index (χ1n) is 4.54. The van der Waals surface area contributed by atoms with E-state index in [1.54, 1.807) is 6.92 Å². The lowest BCUT2D eigenvalue weighted by Gasteiger charge is -1.90. The second-order valence-corrected chi connectivity index (χ2v) is 2.43. The van der Waals surface area contributed by atoms with Crippen molar-refractivity contribution in [3.8, 4) is 0 Å². The molecule has 4 heteroatoms. The van der Waals surface area contributed by atoms with E-state index in [1.165, 1.54) is 6.92 Å². The maximum Gasteiger partial charge on any atom is 0.302 e. The quantitative estimate of drug-likeness (QED) is 0.497. The van der Waals surface area contributed by atoms with Crippen LogP contribution < -0.4 is 0 Å². The Bertz CT molecular complexity index is 99.8. The van der Waals surface area contributed by atoms with Crippen molar-refractivity contribution in [2.24, 2.45) is 0 Å². The highest BCUT2D eigenvalue weighted by Gasteiger charge is 1.82. The molecular weight excluding hydrogens is 172 g/mol. The molecule has 80 valence electrons. The summed E-state index contributed by atoms with van der Waals surface area (Å²) in [6.45, 7) is 4.15. The van der Waals surface area contributed by atoms with E-state index >= 15 is 0 Å². The minimum atomic E-state index is -0.211. The van der Waals surface area contributed by atoms with Gasteiger partial charge in [0.15, 0.2) is 0 Å². The van der Waals surface area contributed by atoms with E-state index in [0.29, 0.717) is 6.61 Å². The Balaban J connectivity index is 0. The predicted octanol–water partition coefficient (Wildman–Crippen LogP) is 0.711. The van der Waals surface area contributed by atoms with E-state index in [-0.39, 0.29) is 19.2 Å². The fraction of sp³-hybridized carbons (Fsp3) is 0.889. The number of unbranched alkanes of at least 4 members (excludes halogenated alkanes) is 2. The molecule has 0 aromatic carbocycles. The van der Waals surface area contributed by atoms with Crippen LogP contribution in [0.3, 0.4) is 0 Å². The first kappa shape index (κ1) is 14.9. The minimum absolute atomic E-state index is 0.211. The fourth-order valence-electron chi connectivity index (χ4n) is 0.604. The fourth-order valence-corrected chi connectivity index (χ4v) is 0.604. The topological polar surface area (TPSA) is 66.8 Å². The molecule has 0 spiro atoms. The summed E-state index contributed by atoms with van der Waals surface area (Å²) in [5, 5.41) is 16.4. The molecule has 0 rings (SSSR count). The summed E-state index contributed by atoms with van der Waals surface area (Å²) in [5.41, 5.74) is 0. The van der Waals surface area contributed by atoms with Gasteiger partial charge >= 0.3 is 5.97 Å². The normalized spacial score (nSPS) is 8.62. The Morgan fingerprint density at radius 1 is 1.15 bits per heavy atom. The monoisotopic (exact) mass is 192 g/mol. The van der Waals surface area contributed by atoms with E-state index in [0.717, 1.165) is 19.3 Å². The molecule has 0 aliphatic rings. The van der Waals surface area contributed by atoms with E-state index in [2.05, 4.69) is 4.74 Å². The molecule has 0 aliphatic heterocycles. The molecule has 0 radical (unpaired) electrons. The molecule has 0 saturated carbocycles. The van der Waals surface area contributed by atoms with Crippen molar-refractivity contribution in [2.75, 3.05) is 19.8 Å². The largest absolute Gasteiger partial charge is 0.466 e. The molecular formula is C9H20O4. The van der Waals surface area contributed by atoms with Gasteiger partial charge in [-0.2, -0.15) is 0 Å². The van der Waals surface area contributed by atoms with Crippen LogP contribution in [0.5, 0.6) is 0 Å². The summed E-state index contributed by atoms with van der Waals surface area (Å²) in [6.07, 6.45) is 2.58. The van der Waals surface area contributed by atoms with Gasteiger partial charge in [0.25, 0.3) is 0 Å². The third kappa shape index (κ3) is 24.6. The third-order valence-electron chi connectivity index (χ3n) is 1.16. The average molecular weight is 192 g/mol. The van der Waals surface area contributed by atoms with Gasteiger partial charge in [0.1, 0.15) is 0 Å². The summed E-state index contributed by atoms with van der Waals surface area (Å²) < 4.78 is 4.40. The number of carbonyl (C=O) groups is 1. The maximum absolute atomic E-state index is 9.82. The van der Waals surface area contributed by atoms with Gasteiger partial charge in [0.2, 0.25) is 0 Å².